The van der Waals surface area contributed by atoms with Gasteiger partial charge in [0.2, 0.25) is 0 Å². The predicted octanol–water partition coefficient (Wildman–Crippen LogP) is 3.02. The summed E-state index contributed by atoms with van der Waals surface area (Å²) in [5.41, 5.74) is 7.43. The summed E-state index contributed by atoms with van der Waals surface area (Å²) in [6.45, 7) is 3.15. The highest BCUT2D eigenvalue weighted by molar-refractivity contribution is 14.0. The highest BCUT2D eigenvalue weighted by Crippen LogP contribution is 2.22. The predicted molar refractivity (Wildman–Crippen MR) is 110 cm³/mol. The lowest BCUT2D eigenvalue weighted by molar-refractivity contribution is 0.122. The summed E-state index contributed by atoms with van der Waals surface area (Å²) >= 11 is 0. The molecule has 1 saturated heterocycles. The maximum absolute atomic E-state index is 14.4. The minimum Gasteiger partial charge on any atom is -0.378 e. The second-order valence-corrected chi connectivity index (χ2v) is 6.57. The lowest BCUT2D eigenvalue weighted by Crippen LogP contribution is -2.41. The molecule has 1 aliphatic heterocycles. The van der Waals surface area contributed by atoms with Gasteiger partial charge >= 0.3 is 0 Å². The van der Waals surface area contributed by atoms with Crippen molar-refractivity contribution >= 4 is 35.6 Å². The third-order valence-corrected chi connectivity index (χ3v) is 4.75. The van der Waals surface area contributed by atoms with E-state index >= 15 is 0 Å². The Morgan fingerprint density at radius 3 is 2.64 bits per heavy atom. The number of nitrogens with one attached hydrogen (secondary N) is 1. The van der Waals surface area contributed by atoms with Crippen LogP contribution in [-0.2, 0) is 11.3 Å². The van der Waals surface area contributed by atoms with Crippen molar-refractivity contribution < 1.29 is 9.13 Å². The van der Waals surface area contributed by atoms with Crippen LogP contribution in [0.3, 0.4) is 0 Å². The molecular formula is C18H28FIN4O. The Kier molecular flexibility index (Phi) is 8.21. The van der Waals surface area contributed by atoms with Crippen LogP contribution in [-0.4, -0.2) is 38.3 Å². The zero-order chi connectivity index (χ0) is 16.8. The normalized spacial score (nSPS) is 19.4. The van der Waals surface area contributed by atoms with Crippen LogP contribution >= 0.6 is 24.0 Å². The number of benzene rings is 1. The summed E-state index contributed by atoms with van der Waals surface area (Å²) in [7, 11) is 0. The molecule has 1 aliphatic carbocycles. The van der Waals surface area contributed by atoms with Crippen LogP contribution < -0.4 is 16.0 Å². The van der Waals surface area contributed by atoms with E-state index in [-0.39, 0.29) is 29.8 Å². The molecule has 3 N–H and O–H groups in total. The molecule has 0 atom stereocenters. The number of hydrogen-bond acceptors (Lipinski definition) is 3. The molecule has 0 unspecified atom stereocenters. The van der Waals surface area contributed by atoms with Crippen molar-refractivity contribution in [1.82, 2.24) is 5.32 Å². The first-order valence-corrected chi connectivity index (χ1v) is 8.90. The number of halogens is 2. The molecule has 1 heterocycles. The third kappa shape index (κ3) is 5.99. The Labute approximate surface area is 166 Å². The van der Waals surface area contributed by atoms with E-state index in [1.54, 1.807) is 6.07 Å². The molecule has 1 saturated carbocycles. The van der Waals surface area contributed by atoms with Gasteiger partial charge in [0.25, 0.3) is 0 Å². The number of aliphatic imine (C=N–C) groups is 1. The molecule has 2 fully saturated rings. The molecule has 7 heteroatoms. The van der Waals surface area contributed by atoms with Crippen molar-refractivity contribution in [2.45, 2.75) is 44.7 Å². The summed E-state index contributed by atoms with van der Waals surface area (Å²) in [6, 6.07) is 5.74. The zero-order valence-electron chi connectivity index (χ0n) is 14.5. The number of nitrogens with two attached hydrogens (primary N) is 1. The molecule has 1 aromatic carbocycles. The van der Waals surface area contributed by atoms with Gasteiger partial charge in [-0.3, -0.25) is 0 Å². The lowest BCUT2D eigenvalue weighted by Gasteiger charge is -2.29. The molecule has 5 nitrogen and oxygen atoms in total. The van der Waals surface area contributed by atoms with Crippen LogP contribution in [0.2, 0.25) is 0 Å². The van der Waals surface area contributed by atoms with Crippen LogP contribution in [0.4, 0.5) is 10.1 Å². The Morgan fingerprint density at radius 1 is 1.24 bits per heavy atom. The minimum absolute atomic E-state index is 0. The van der Waals surface area contributed by atoms with Crippen LogP contribution in [0, 0.1) is 5.82 Å². The third-order valence-electron chi connectivity index (χ3n) is 4.75. The molecule has 0 spiro atoms. The number of guanidine groups is 1. The monoisotopic (exact) mass is 462 g/mol. The standard InChI is InChI=1S/C18H27FN4O.HI/c19-16-12-14(6-7-17(16)23-8-10-24-11-9-23)13-21-18(20)22-15-4-2-1-3-5-15;/h6-7,12,15H,1-5,8-11,13H2,(H3,20,21,22);1H. The van der Waals surface area contributed by atoms with Crippen LogP contribution in [0.5, 0.6) is 0 Å². The second-order valence-electron chi connectivity index (χ2n) is 6.57. The summed E-state index contributed by atoms with van der Waals surface area (Å²) in [4.78, 5) is 6.37. The Morgan fingerprint density at radius 2 is 1.96 bits per heavy atom. The van der Waals surface area contributed by atoms with E-state index in [1.807, 2.05) is 17.0 Å². The molecule has 3 rings (SSSR count). The summed E-state index contributed by atoms with van der Waals surface area (Å²) in [5.74, 6) is 0.253. The zero-order valence-corrected chi connectivity index (χ0v) is 16.9. The SMILES string of the molecule is I.NC(=NCc1ccc(N2CCOCC2)c(F)c1)NC1CCCCC1. The fourth-order valence-corrected chi connectivity index (χ4v) is 3.39. The van der Waals surface area contributed by atoms with Crippen molar-refractivity contribution in [3.8, 4) is 0 Å². The molecule has 0 amide bonds. The van der Waals surface area contributed by atoms with Crippen molar-refractivity contribution in [2.75, 3.05) is 31.2 Å². The van der Waals surface area contributed by atoms with Crippen molar-refractivity contribution in [3.63, 3.8) is 0 Å². The fraction of sp³-hybridized carbons (Fsp3) is 0.611. The molecule has 25 heavy (non-hydrogen) atoms. The Hall–Kier alpha value is -1.09. The maximum Gasteiger partial charge on any atom is 0.189 e. The molecule has 0 aromatic heterocycles. The van der Waals surface area contributed by atoms with Gasteiger partial charge in [-0.15, -0.1) is 24.0 Å². The number of rotatable bonds is 4. The van der Waals surface area contributed by atoms with E-state index in [9.17, 15) is 4.39 Å². The van der Waals surface area contributed by atoms with E-state index < -0.39 is 0 Å². The molecule has 0 radical (unpaired) electrons. The summed E-state index contributed by atoms with van der Waals surface area (Å²) in [5, 5.41) is 3.28. The largest absolute Gasteiger partial charge is 0.378 e. The van der Waals surface area contributed by atoms with Gasteiger partial charge in [-0.05, 0) is 30.5 Å². The second kappa shape index (κ2) is 10.2. The van der Waals surface area contributed by atoms with Crippen LogP contribution in [0.1, 0.15) is 37.7 Å². The quantitative estimate of drug-likeness (QED) is 0.411. The van der Waals surface area contributed by atoms with E-state index in [4.69, 9.17) is 10.5 Å². The highest BCUT2D eigenvalue weighted by atomic mass is 127. The van der Waals surface area contributed by atoms with Crippen LogP contribution in [0.25, 0.3) is 0 Å². The first-order valence-electron chi connectivity index (χ1n) is 8.90. The average Bonchev–Trinajstić information content (AvgIpc) is 2.62. The van der Waals surface area contributed by atoms with Gasteiger partial charge in [0.05, 0.1) is 25.4 Å². The number of morpholine rings is 1. The number of nitrogens with zero attached hydrogens (tertiary/aromatic N) is 2. The number of hydrogen-bond donors (Lipinski definition) is 2. The van der Waals surface area contributed by atoms with Gasteiger partial charge in [0.15, 0.2) is 5.96 Å². The highest BCUT2D eigenvalue weighted by Gasteiger charge is 2.16. The van der Waals surface area contributed by atoms with Crippen molar-refractivity contribution in [3.05, 3.63) is 29.6 Å². The van der Waals surface area contributed by atoms with Gasteiger partial charge in [-0.1, -0.05) is 25.3 Å². The van der Waals surface area contributed by atoms with Gasteiger partial charge in [-0.25, -0.2) is 9.38 Å². The van der Waals surface area contributed by atoms with E-state index in [0.29, 0.717) is 37.4 Å². The van der Waals surface area contributed by atoms with Gasteiger partial charge < -0.3 is 20.7 Å². The smallest absolute Gasteiger partial charge is 0.189 e. The van der Waals surface area contributed by atoms with E-state index in [0.717, 1.165) is 31.5 Å². The molecule has 140 valence electrons. The maximum atomic E-state index is 14.4. The van der Waals surface area contributed by atoms with Gasteiger partial charge in [0.1, 0.15) is 5.82 Å². The first-order chi connectivity index (χ1) is 11.7. The molecular weight excluding hydrogens is 434 g/mol. The number of anilines is 1. The average molecular weight is 462 g/mol. The molecule has 0 bridgehead atoms. The molecule has 1 aromatic rings. The molecule has 2 aliphatic rings. The fourth-order valence-electron chi connectivity index (χ4n) is 3.39. The topological polar surface area (TPSA) is 62.9 Å². The van der Waals surface area contributed by atoms with E-state index in [2.05, 4.69) is 10.3 Å². The summed E-state index contributed by atoms with van der Waals surface area (Å²) in [6.07, 6.45) is 6.11. The van der Waals surface area contributed by atoms with E-state index in [1.165, 1.54) is 19.3 Å². The number of ether oxygens (including phenoxy) is 1. The Balaban J connectivity index is 0.00000225. The van der Waals surface area contributed by atoms with Gasteiger partial charge in [0, 0.05) is 19.1 Å². The lowest BCUT2D eigenvalue weighted by atomic mass is 9.96. The Bertz CT molecular complexity index is 572. The minimum atomic E-state index is -0.205. The van der Waals surface area contributed by atoms with Crippen LogP contribution in [0.15, 0.2) is 23.2 Å². The van der Waals surface area contributed by atoms with Crippen molar-refractivity contribution in [2.24, 2.45) is 10.7 Å². The van der Waals surface area contributed by atoms with Crippen molar-refractivity contribution in [1.29, 1.82) is 0 Å². The first kappa shape index (κ1) is 20.2. The summed E-state index contributed by atoms with van der Waals surface area (Å²) < 4.78 is 19.7. The van der Waals surface area contributed by atoms with Gasteiger partial charge in [-0.2, -0.15) is 0 Å².